The lowest BCUT2D eigenvalue weighted by Crippen LogP contribution is -2.11. The van der Waals surface area contributed by atoms with Gasteiger partial charge in [-0.1, -0.05) is 48.6 Å². The maximum atomic E-state index is 9.89. The minimum absolute atomic E-state index is 0.771. The molecule has 90 valence electrons. The number of aldehydes is 1. The number of carbonyl (C=O) groups is 1. The van der Waals surface area contributed by atoms with Crippen LogP contribution in [0.4, 0.5) is 0 Å². The zero-order chi connectivity index (χ0) is 12.8. The topological polar surface area (TPSA) is 29.1 Å². The molecule has 0 bridgehead atoms. The number of hydrogen-bond acceptors (Lipinski definition) is 2. The van der Waals surface area contributed by atoms with Gasteiger partial charge in [0.2, 0.25) is 0 Å². The van der Waals surface area contributed by atoms with Crippen molar-refractivity contribution >= 4 is 12.4 Å². The number of allylic oxidation sites excluding steroid dienone is 1. The molecule has 2 nitrogen and oxygen atoms in total. The van der Waals surface area contributed by atoms with Crippen molar-refractivity contribution in [1.29, 1.82) is 0 Å². The van der Waals surface area contributed by atoms with Crippen LogP contribution in [0.25, 0.3) is 6.08 Å². The molecule has 0 fully saturated rings. The van der Waals surface area contributed by atoms with E-state index in [0.29, 0.717) is 0 Å². The van der Waals surface area contributed by atoms with Gasteiger partial charge in [0.25, 0.3) is 0 Å². The van der Waals surface area contributed by atoms with Crippen molar-refractivity contribution in [2.75, 3.05) is 13.1 Å². The normalized spacial score (nSPS) is 9.18. The van der Waals surface area contributed by atoms with Gasteiger partial charge in [0, 0.05) is 13.1 Å². The summed E-state index contributed by atoms with van der Waals surface area (Å²) in [5, 5.41) is 3.05. The molecular formula is C15H19NO. The maximum absolute atomic E-state index is 9.89. The Morgan fingerprint density at radius 3 is 2.12 bits per heavy atom. The van der Waals surface area contributed by atoms with Crippen LogP contribution < -0.4 is 5.32 Å². The Labute approximate surface area is 103 Å². The molecule has 1 N–H and O–H groups in total. The van der Waals surface area contributed by atoms with E-state index in [0.717, 1.165) is 24.9 Å². The third kappa shape index (κ3) is 10.4. The molecule has 1 aromatic carbocycles. The van der Waals surface area contributed by atoms with Crippen LogP contribution in [0, 0.1) is 0 Å². The van der Waals surface area contributed by atoms with Gasteiger partial charge < -0.3 is 5.32 Å². The van der Waals surface area contributed by atoms with Crippen LogP contribution in [0.15, 0.2) is 61.7 Å². The van der Waals surface area contributed by atoms with Gasteiger partial charge in [-0.15, -0.1) is 13.2 Å². The molecule has 0 saturated carbocycles. The minimum atomic E-state index is 0.771. The first kappa shape index (κ1) is 15.1. The molecule has 1 rings (SSSR count). The van der Waals surface area contributed by atoms with E-state index < -0.39 is 0 Å². The average molecular weight is 229 g/mol. The van der Waals surface area contributed by atoms with E-state index in [4.69, 9.17) is 0 Å². The predicted molar refractivity (Wildman–Crippen MR) is 74.8 cm³/mol. The van der Waals surface area contributed by atoms with Crippen molar-refractivity contribution in [2.45, 2.75) is 0 Å². The summed E-state index contributed by atoms with van der Waals surface area (Å²) < 4.78 is 0. The Balaban J connectivity index is 0.000000325. The molecule has 0 heterocycles. The highest BCUT2D eigenvalue weighted by molar-refractivity contribution is 5.73. The number of benzene rings is 1. The molecule has 0 spiro atoms. The largest absolute Gasteiger partial charge is 0.310 e. The van der Waals surface area contributed by atoms with E-state index >= 15 is 0 Å². The van der Waals surface area contributed by atoms with E-state index in [1.54, 1.807) is 6.08 Å². The lowest BCUT2D eigenvalue weighted by Gasteiger charge is -1.90. The second-order valence-corrected chi connectivity index (χ2v) is 3.14. The first-order chi connectivity index (χ1) is 8.35. The summed E-state index contributed by atoms with van der Waals surface area (Å²) in [6.07, 6.45) is 7.67. The number of nitrogens with one attached hydrogen (secondary N) is 1. The fourth-order valence-corrected chi connectivity index (χ4v) is 1.00. The van der Waals surface area contributed by atoms with Gasteiger partial charge in [-0.05, 0) is 11.6 Å². The van der Waals surface area contributed by atoms with Crippen molar-refractivity contribution in [2.24, 2.45) is 0 Å². The van der Waals surface area contributed by atoms with Gasteiger partial charge >= 0.3 is 0 Å². The molecule has 2 heteroatoms. The van der Waals surface area contributed by atoms with Gasteiger partial charge in [0.05, 0.1) is 0 Å². The average Bonchev–Trinajstić information content (AvgIpc) is 2.39. The molecule has 0 aliphatic carbocycles. The summed E-state index contributed by atoms with van der Waals surface area (Å²) >= 11 is 0. The van der Waals surface area contributed by atoms with E-state index in [1.165, 1.54) is 6.08 Å². The van der Waals surface area contributed by atoms with Crippen molar-refractivity contribution < 1.29 is 4.79 Å². The lowest BCUT2D eigenvalue weighted by atomic mass is 10.2. The molecule has 0 aromatic heterocycles. The minimum Gasteiger partial charge on any atom is -0.310 e. The molecule has 0 unspecified atom stereocenters. The summed E-state index contributed by atoms with van der Waals surface area (Å²) in [6.45, 7) is 8.81. The molecule has 0 radical (unpaired) electrons. The highest BCUT2D eigenvalue weighted by Crippen LogP contribution is 1.99. The highest BCUT2D eigenvalue weighted by Gasteiger charge is 1.79. The summed E-state index contributed by atoms with van der Waals surface area (Å²) in [5.41, 5.74) is 1.05. The van der Waals surface area contributed by atoms with Crippen LogP contribution >= 0.6 is 0 Å². The second-order valence-electron chi connectivity index (χ2n) is 3.14. The van der Waals surface area contributed by atoms with Gasteiger partial charge in [0.1, 0.15) is 6.29 Å². The van der Waals surface area contributed by atoms with E-state index in [9.17, 15) is 4.79 Å². The molecule has 1 aromatic rings. The van der Waals surface area contributed by atoms with Crippen LogP contribution in [0.1, 0.15) is 5.56 Å². The van der Waals surface area contributed by atoms with Crippen LogP contribution in [0.2, 0.25) is 0 Å². The maximum Gasteiger partial charge on any atom is 0.142 e. The number of hydrogen-bond donors (Lipinski definition) is 1. The van der Waals surface area contributed by atoms with Gasteiger partial charge in [0.15, 0.2) is 0 Å². The summed E-state index contributed by atoms with van der Waals surface area (Å²) in [5.74, 6) is 0. The zero-order valence-corrected chi connectivity index (χ0v) is 10.0. The van der Waals surface area contributed by atoms with Crippen molar-refractivity contribution in [3.63, 3.8) is 0 Å². The Bertz CT molecular complexity index is 333. The van der Waals surface area contributed by atoms with Crippen LogP contribution in [0.5, 0.6) is 0 Å². The number of carbonyl (C=O) groups excluding carboxylic acids is 1. The Morgan fingerprint density at radius 2 is 1.65 bits per heavy atom. The fraction of sp³-hybridized carbons (Fsp3) is 0.133. The summed E-state index contributed by atoms with van der Waals surface area (Å²) in [4.78, 5) is 9.89. The predicted octanol–water partition coefficient (Wildman–Crippen LogP) is 2.85. The molecule has 17 heavy (non-hydrogen) atoms. The first-order valence-corrected chi connectivity index (χ1v) is 5.44. The molecular weight excluding hydrogens is 210 g/mol. The quantitative estimate of drug-likeness (QED) is 0.352. The van der Waals surface area contributed by atoms with E-state index in [2.05, 4.69) is 18.5 Å². The Morgan fingerprint density at radius 1 is 1.06 bits per heavy atom. The Kier molecular flexibility index (Phi) is 10.8. The lowest BCUT2D eigenvalue weighted by molar-refractivity contribution is -0.104. The first-order valence-electron chi connectivity index (χ1n) is 5.44. The molecule has 0 aliphatic rings. The molecule has 0 amide bonds. The summed E-state index contributed by atoms with van der Waals surface area (Å²) in [7, 11) is 0. The third-order valence-electron chi connectivity index (χ3n) is 1.74. The van der Waals surface area contributed by atoms with Crippen molar-refractivity contribution in [3.05, 3.63) is 67.3 Å². The monoisotopic (exact) mass is 229 g/mol. The molecule has 0 atom stereocenters. The molecule has 0 aliphatic heterocycles. The van der Waals surface area contributed by atoms with Crippen LogP contribution in [0.3, 0.4) is 0 Å². The summed E-state index contributed by atoms with van der Waals surface area (Å²) in [6, 6.07) is 9.70. The highest BCUT2D eigenvalue weighted by atomic mass is 16.1. The smallest absolute Gasteiger partial charge is 0.142 e. The molecule has 0 saturated heterocycles. The second kappa shape index (κ2) is 12.1. The number of rotatable bonds is 6. The van der Waals surface area contributed by atoms with Gasteiger partial charge in [-0.2, -0.15) is 0 Å². The van der Waals surface area contributed by atoms with Crippen LogP contribution in [-0.2, 0) is 4.79 Å². The van der Waals surface area contributed by atoms with Gasteiger partial charge in [-0.25, -0.2) is 0 Å². The van der Waals surface area contributed by atoms with Gasteiger partial charge in [-0.3, -0.25) is 4.79 Å². The fourth-order valence-electron chi connectivity index (χ4n) is 1.00. The Hall–Kier alpha value is -1.93. The third-order valence-corrected chi connectivity index (χ3v) is 1.74. The van der Waals surface area contributed by atoms with Crippen molar-refractivity contribution in [1.82, 2.24) is 5.32 Å². The standard InChI is InChI=1S/C9H8O.C6H11N/c10-8-4-7-9-5-2-1-3-6-9;1-3-5-7-6-4-2/h1-8H;3-4,7H,1-2,5-6H2. The van der Waals surface area contributed by atoms with Crippen molar-refractivity contribution in [3.8, 4) is 0 Å². The zero-order valence-electron chi connectivity index (χ0n) is 10.0. The SMILES string of the molecule is C=CCNCC=C.O=CC=Cc1ccccc1. The van der Waals surface area contributed by atoms with E-state index in [1.807, 2.05) is 42.5 Å². The van der Waals surface area contributed by atoms with E-state index in [-0.39, 0.29) is 0 Å². The van der Waals surface area contributed by atoms with Crippen LogP contribution in [-0.4, -0.2) is 19.4 Å².